The molecule has 0 aliphatic heterocycles. The number of pyridine rings is 1. The van der Waals surface area contributed by atoms with E-state index < -0.39 is 0 Å². The molecule has 2 unspecified atom stereocenters. The van der Waals surface area contributed by atoms with Gasteiger partial charge in [0.25, 0.3) is 0 Å². The van der Waals surface area contributed by atoms with Crippen molar-refractivity contribution >= 4 is 21.8 Å². The molecule has 2 aromatic heterocycles. The Bertz CT molecular complexity index is 1370. The van der Waals surface area contributed by atoms with E-state index in [9.17, 15) is 0 Å². The lowest BCUT2D eigenvalue weighted by atomic mass is 9.95. The highest BCUT2D eigenvalue weighted by Gasteiger charge is 2.27. The Hall–Kier alpha value is -3.39. The molecular weight excluding hydrogens is 400 g/mol. The van der Waals surface area contributed by atoms with Crippen molar-refractivity contribution in [3.05, 3.63) is 96.7 Å². The number of rotatable bonds is 6. The summed E-state index contributed by atoms with van der Waals surface area (Å²) in [4.78, 5) is 0. The molecule has 33 heavy (non-hydrogen) atoms. The van der Waals surface area contributed by atoms with Crippen LogP contribution in [0.3, 0.4) is 0 Å². The fourth-order valence-corrected chi connectivity index (χ4v) is 5.34. The zero-order chi connectivity index (χ0) is 22.9. The molecule has 3 aromatic carbocycles. The molecule has 0 amide bonds. The van der Waals surface area contributed by atoms with E-state index in [-0.39, 0.29) is 0 Å². The van der Waals surface area contributed by atoms with Gasteiger partial charge in [0.15, 0.2) is 12.2 Å². The maximum Gasteiger partial charge on any atom is 0.213 e. The van der Waals surface area contributed by atoms with E-state index in [1.54, 1.807) is 0 Å². The predicted octanol–water partition coefficient (Wildman–Crippen LogP) is 8.04. The molecule has 0 bridgehead atoms. The SMILES string of the molecule is CCC(C)C(CC)[n+]1ccccc1-c1cc(-n2c3ccccc3c3ccccc32)ccc1C. The topological polar surface area (TPSA) is 8.81 Å². The Morgan fingerprint density at radius 1 is 0.758 bits per heavy atom. The molecule has 2 atom stereocenters. The number of benzene rings is 3. The van der Waals surface area contributed by atoms with E-state index in [1.165, 1.54) is 50.7 Å². The third-order valence-corrected chi connectivity index (χ3v) is 7.30. The number of hydrogen-bond acceptors (Lipinski definition) is 0. The van der Waals surface area contributed by atoms with Crippen LogP contribution in [0.4, 0.5) is 0 Å². The van der Waals surface area contributed by atoms with E-state index in [0.717, 1.165) is 6.42 Å². The second-order valence-corrected chi connectivity index (χ2v) is 9.22. The zero-order valence-electron chi connectivity index (χ0n) is 20.1. The number of fused-ring (bicyclic) bond motifs is 3. The Labute approximate surface area is 197 Å². The van der Waals surface area contributed by atoms with E-state index >= 15 is 0 Å². The lowest BCUT2D eigenvalue weighted by Crippen LogP contribution is -2.44. The molecule has 0 spiro atoms. The highest BCUT2D eigenvalue weighted by atomic mass is 15.0. The van der Waals surface area contributed by atoms with Gasteiger partial charge in [0.1, 0.15) is 0 Å². The van der Waals surface area contributed by atoms with Crippen molar-refractivity contribution < 1.29 is 4.57 Å². The first-order valence-corrected chi connectivity index (χ1v) is 12.2. The number of para-hydroxylation sites is 2. The first-order chi connectivity index (χ1) is 16.1. The average Bonchev–Trinajstić information content (AvgIpc) is 3.20. The molecule has 2 heteroatoms. The molecule has 2 heterocycles. The summed E-state index contributed by atoms with van der Waals surface area (Å²) in [5.74, 6) is 0.627. The molecule has 166 valence electrons. The van der Waals surface area contributed by atoms with Crippen LogP contribution in [0.2, 0.25) is 0 Å². The summed E-state index contributed by atoms with van der Waals surface area (Å²) in [6.45, 7) is 9.21. The molecule has 5 rings (SSSR count). The van der Waals surface area contributed by atoms with Gasteiger partial charge in [-0.05, 0) is 49.2 Å². The molecule has 0 aliphatic rings. The summed E-state index contributed by atoms with van der Waals surface area (Å²) in [7, 11) is 0. The summed E-state index contributed by atoms with van der Waals surface area (Å²) in [6, 6.07) is 31.5. The van der Waals surface area contributed by atoms with E-state index in [1.807, 2.05) is 0 Å². The molecule has 5 aromatic rings. The third kappa shape index (κ3) is 3.64. The number of aryl methyl sites for hydroxylation is 1. The normalized spacial score (nSPS) is 13.5. The van der Waals surface area contributed by atoms with Gasteiger partial charge >= 0.3 is 0 Å². The first kappa shape index (κ1) is 21.5. The second kappa shape index (κ2) is 8.86. The number of hydrogen-bond donors (Lipinski definition) is 0. The predicted molar refractivity (Wildman–Crippen MR) is 140 cm³/mol. The van der Waals surface area contributed by atoms with Gasteiger partial charge in [-0.3, -0.25) is 0 Å². The number of aromatic nitrogens is 2. The van der Waals surface area contributed by atoms with Crippen molar-refractivity contribution in [2.45, 2.75) is 46.6 Å². The maximum atomic E-state index is 2.51. The zero-order valence-corrected chi connectivity index (χ0v) is 20.1. The summed E-state index contributed by atoms with van der Waals surface area (Å²) in [6.07, 6.45) is 4.57. The average molecular weight is 434 g/mol. The van der Waals surface area contributed by atoms with Crippen LogP contribution in [0.1, 0.15) is 45.2 Å². The van der Waals surface area contributed by atoms with Crippen molar-refractivity contribution in [1.82, 2.24) is 4.57 Å². The molecule has 0 radical (unpaired) electrons. The van der Waals surface area contributed by atoms with Crippen LogP contribution in [-0.2, 0) is 0 Å². The lowest BCUT2D eigenvalue weighted by Gasteiger charge is -2.20. The van der Waals surface area contributed by atoms with Crippen LogP contribution in [0.25, 0.3) is 38.8 Å². The van der Waals surface area contributed by atoms with Crippen molar-refractivity contribution in [2.24, 2.45) is 5.92 Å². The van der Waals surface area contributed by atoms with Gasteiger partial charge in [-0.2, -0.15) is 4.57 Å². The van der Waals surface area contributed by atoms with Crippen molar-refractivity contribution in [3.8, 4) is 16.9 Å². The highest BCUT2D eigenvalue weighted by Crippen LogP contribution is 2.34. The summed E-state index contributed by atoms with van der Waals surface area (Å²) < 4.78 is 4.92. The van der Waals surface area contributed by atoms with Crippen molar-refractivity contribution in [3.63, 3.8) is 0 Å². The Morgan fingerprint density at radius 2 is 1.39 bits per heavy atom. The Kier molecular flexibility index (Phi) is 5.76. The summed E-state index contributed by atoms with van der Waals surface area (Å²) in [5.41, 5.74) is 7.61. The van der Waals surface area contributed by atoms with Crippen LogP contribution in [0, 0.1) is 12.8 Å². The molecule has 0 fully saturated rings. The van der Waals surface area contributed by atoms with Gasteiger partial charge in [-0.15, -0.1) is 0 Å². The summed E-state index contributed by atoms with van der Waals surface area (Å²) in [5, 5.41) is 2.60. The molecular formula is C31H33N2+. The van der Waals surface area contributed by atoms with Crippen LogP contribution in [-0.4, -0.2) is 4.57 Å². The molecule has 0 N–H and O–H groups in total. The van der Waals surface area contributed by atoms with Gasteiger partial charge in [0.2, 0.25) is 5.69 Å². The van der Waals surface area contributed by atoms with E-state index in [2.05, 4.69) is 128 Å². The van der Waals surface area contributed by atoms with Crippen molar-refractivity contribution in [1.29, 1.82) is 0 Å². The van der Waals surface area contributed by atoms with Gasteiger partial charge in [0.05, 0.1) is 16.6 Å². The Morgan fingerprint density at radius 3 is 2.03 bits per heavy atom. The van der Waals surface area contributed by atoms with Crippen LogP contribution >= 0.6 is 0 Å². The van der Waals surface area contributed by atoms with Crippen LogP contribution < -0.4 is 4.57 Å². The van der Waals surface area contributed by atoms with Gasteiger partial charge in [0, 0.05) is 40.9 Å². The maximum absolute atomic E-state index is 2.51. The first-order valence-electron chi connectivity index (χ1n) is 12.2. The largest absolute Gasteiger partial charge is 0.309 e. The van der Waals surface area contributed by atoms with E-state index in [4.69, 9.17) is 0 Å². The van der Waals surface area contributed by atoms with Crippen LogP contribution in [0.5, 0.6) is 0 Å². The number of nitrogens with zero attached hydrogens (tertiary/aromatic N) is 2. The molecule has 2 nitrogen and oxygen atoms in total. The minimum Gasteiger partial charge on any atom is -0.309 e. The highest BCUT2D eigenvalue weighted by molar-refractivity contribution is 6.09. The summed E-state index contributed by atoms with van der Waals surface area (Å²) >= 11 is 0. The third-order valence-electron chi connectivity index (χ3n) is 7.30. The minimum absolute atomic E-state index is 0.488. The lowest BCUT2D eigenvalue weighted by molar-refractivity contribution is -0.720. The minimum atomic E-state index is 0.488. The molecule has 0 saturated carbocycles. The second-order valence-electron chi connectivity index (χ2n) is 9.22. The standard InChI is InChI=1S/C31H33N2/c1-5-22(3)28(6-2)32-20-12-11-15-29(32)27-21-24(19-18-23(27)4)33-30-16-9-7-13-25(30)26-14-8-10-17-31(26)33/h7-22,28H,5-6H2,1-4H3/q+1. The van der Waals surface area contributed by atoms with Gasteiger partial charge in [-0.1, -0.05) is 63.2 Å². The van der Waals surface area contributed by atoms with E-state index in [0.29, 0.717) is 12.0 Å². The Balaban J connectivity index is 1.74. The van der Waals surface area contributed by atoms with Crippen LogP contribution in [0.15, 0.2) is 91.1 Å². The monoisotopic (exact) mass is 433 g/mol. The smallest absolute Gasteiger partial charge is 0.213 e. The fourth-order valence-electron chi connectivity index (χ4n) is 5.34. The van der Waals surface area contributed by atoms with Gasteiger partial charge < -0.3 is 4.57 Å². The quantitative estimate of drug-likeness (QED) is 0.240. The molecule has 0 aliphatic carbocycles. The van der Waals surface area contributed by atoms with Gasteiger partial charge in [-0.25, -0.2) is 0 Å². The fraction of sp³-hybridized carbons (Fsp3) is 0.258. The van der Waals surface area contributed by atoms with Crippen molar-refractivity contribution in [2.75, 3.05) is 0 Å². The molecule has 0 saturated heterocycles.